The second kappa shape index (κ2) is 9.40. The second-order valence-electron chi connectivity index (χ2n) is 6.58. The molecule has 0 bridgehead atoms. The van der Waals surface area contributed by atoms with Crippen LogP contribution in [0.5, 0.6) is 5.75 Å². The van der Waals surface area contributed by atoms with Crippen molar-refractivity contribution in [3.8, 4) is 11.8 Å². The lowest BCUT2D eigenvalue weighted by atomic mass is 10.2. The third-order valence-electron chi connectivity index (χ3n) is 4.52. The summed E-state index contributed by atoms with van der Waals surface area (Å²) in [6.07, 6.45) is 3.22. The van der Waals surface area contributed by atoms with Crippen molar-refractivity contribution in [2.75, 3.05) is 5.01 Å². The van der Waals surface area contributed by atoms with E-state index in [-0.39, 0.29) is 0 Å². The van der Waals surface area contributed by atoms with Gasteiger partial charge in [-0.15, -0.1) is 10.2 Å². The van der Waals surface area contributed by atoms with E-state index in [1.807, 2.05) is 35.3 Å². The van der Waals surface area contributed by atoms with E-state index < -0.39 is 5.97 Å². The van der Waals surface area contributed by atoms with Crippen LogP contribution >= 0.6 is 22.6 Å². The number of nitrogens with zero attached hydrogens (tertiary/aromatic N) is 5. The topological polar surface area (TPSA) is 84.0 Å². The smallest absolute Gasteiger partial charge is 0.343 e. The van der Waals surface area contributed by atoms with E-state index in [1.54, 1.807) is 59.8 Å². The fourth-order valence-corrected chi connectivity index (χ4v) is 3.66. The highest BCUT2D eigenvalue weighted by atomic mass is 127. The minimum absolute atomic E-state index is 0.394. The SMILES string of the molecule is N#Cc1ccc(N(Cc2ccc(OC(=O)c3ccccc3)c(I)c2)n2cnnc2)cc1. The van der Waals surface area contributed by atoms with Gasteiger partial charge in [-0.2, -0.15) is 5.26 Å². The molecule has 0 amide bonds. The van der Waals surface area contributed by atoms with Crippen molar-refractivity contribution in [2.45, 2.75) is 6.54 Å². The van der Waals surface area contributed by atoms with Crippen molar-refractivity contribution in [1.29, 1.82) is 5.26 Å². The lowest BCUT2D eigenvalue weighted by Crippen LogP contribution is -2.27. The van der Waals surface area contributed by atoms with E-state index in [9.17, 15) is 4.79 Å². The zero-order valence-corrected chi connectivity index (χ0v) is 18.4. The van der Waals surface area contributed by atoms with Gasteiger partial charge >= 0.3 is 5.97 Å². The van der Waals surface area contributed by atoms with Crippen LogP contribution in [0.3, 0.4) is 0 Å². The highest BCUT2D eigenvalue weighted by molar-refractivity contribution is 14.1. The Hall–Kier alpha value is -3.71. The Bertz CT molecular complexity index is 1220. The molecule has 3 aromatic carbocycles. The average molecular weight is 521 g/mol. The number of rotatable bonds is 6. The molecule has 0 N–H and O–H groups in total. The van der Waals surface area contributed by atoms with E-state index >= 15 is 0 Å². The van der Waals surface area contributed by atoms with Crippen molar-refractivity contribution in [2.24, 2.45) is 0 Å². The molecule has 152 valence electrons. The van der Waals surface area contributed by atoms with Gasteiger partial charge in [0.15, 0.2) is 0 Å². The first kappa shape index (κ1) is 20.6. The lowest BCUT2D eigenvalue weighted by molar-refractivity contribution is 0.0733. The number of carbonyl (C=O) groups is 1. The number of carbonyl (C=O) groups excluding carboxylic acids is 1. The predicted molar refractivity (Wildman–Crippen MR) is 123 cm³/mol. The highest BCUT2D eigenvalue weighted by Crippen LogP contribution is 2.25. The third kappa shape index (κ3) is 4.90. The van der Waals surface area contributed by atoms with E-state index in [4.69, 9.17) is 10.00 Å². The zero-order chi connectivity index (χ0) is 21.6. The molecule has 4 aromatic rings. The Morgan fingerprint density at radius 3 is 2.39 bits per heavy atom. The van der Waals surface area contributed by atoms with Crippen molar-refractivity contribution < 1.29 is 9.53 Å². The molecule has 4 rings (SSSR count). The Morgan fingerprint density at radius 1 is 1.03 bits per heavy atom. The minimum Gasteiger partial charge on any atom is -0.422 e. The van der Waals surface area contributed by atoms with Gasteiger partial charge in [0, 0.05) is 0 Å². The number of halogens is 1. The average Bonchev–Trinajstić information content (AvgIpc) is 3.34. The molecule has 0 aliphatic rings. The van der Waals surface area contributed by atoms with Crippen LogP contribution < -0.4 is 9.75 Å². The van der Waals surface area contributed by atoms with Crippen LogP contribution in [0.25, 0.3) is 0 Å². The third-order valence-corrected chi connectivity index (χ3v) is 5.36. The Morgan fingerprint density at radius 2 is 1.74 bits per heavy atom. The molecule has 31 heavy (non-hydrogen) atoms. The summed E-state index contributed by atoms with van der Waals surface area (Å²) in [5.74, 6) is 0.113. The molecule has 0 radical (unpaired) electrons. The van der Waals surface area contributed by atoms with E-state index in [0.29, 0.717) is 23.4 Å². The molecule has 1 aromatic heterocycles. The highest BCUT2D eigenvalue weighted by Gasteiger charge is 2.14. The summed E-state index contributed by atoms with van der Waals surface area (Å²) in [6, 6.07) is 24.0. The summed E-state index contributed by atoms with van der Waals surface area (Å²) < 4.78 is 8.16. The monoisotopic (exact) mass is 521 g/mol. The maximum atomic E-state index is 12.3. The molecule has 0 aliphatic heterocycles. The zero-order valence-electron chi connectivity index (χ0n) is 16.2. The normalized spacial score (nSPS) is 10.3. The number of anilines is 1. The summed E-state index contributed by atoms with van der Waals surface area (Å²) in [5.41, 5.74) is 2.98. The second-order valence-corrected chi connectivity index (χ2v) is 7.74. The Balaban J connectivity index is 1.56. The fraction of sp³-hybridized carbons (Fsp3) is 0.0435. The van der Waals surface area contributed by atoms with Gasteiger partial charge in [-0.1, -0.05) is 24.3 Å². The standard InChI is InChI=1S/C23H16IN5O2/c24-21-12-18(8-11-22(21)31-23(30)19-4-2-1-3-5-19)14-29(28-15-26-27-16-28)20-9-6-17(13-25)7-10-20/h1-12,15-16H,14H2. The van der Waals surface area contributed by atoms with Gasteiger partial charge in [0.25, 0.3) is 0 Å². The summed E-state index contributed by atoms with van der Waals surface area (Å²) in [5, 5.41) is 18.8. The molecular formula is C23H16IN5O2. The quantitative estimate of drug-likeness (QED) is 0.212. The maximum Gasteiger partial charge on any atom is 0.343 e. The van der Waals surface area contributed by atoms with Crippen molar-refractivity contribution in [1.82, 2.24) is 14.9 Å². The number of hydrogen-bond donors (Lipinski definition) is 0. The van der Waals surface area contributed by atoms with Gasteiger partial charge in [-0.3, -0.25) is 5.01 Å². The lowest BCUT2D eigenvalue weighted by Gasteiger charge is -2.25. The van der Waals surface area contributed by atoms with E-state index in [2.05, 4.69) is 38.9 Å². The first-order chi connectivity index (χ1) is 15.1. The van der Waals surface area contributed by atoms with Crippen molar-refractivity contribution in [3.63, 3.8) is 0 Å². The molecule has 0 saturated carbocycles. The van der Waals surface area contributed by atoms with E-state index in [1.165, 1.54) is 0 Å². The van der Waals surface area contributed by atoms with Gasteiger partial charge in [-0.05, 0) is 76.7 Å². The van der Waals surface area contributed by atoms with Gasteiger partial charge in [0.2, 0.25) is 0 Å². The van der Waals surface area contributed by atoms with Crippen molar-refractivity contribution in [3.05, 3.63) is 106 Å². The minimum atomic E-state index is -0.394. The van der Waals surface area contributed by atoms with Gasteiger partial charge in [-0.25, -0.2) is 9.47 Å². The summed E-state index contributed by atoms with van der Waals surface area (Å²) in [4.78, 5) is 12.3. The number of esters is 1. The molecule has 0 atom stereocenters. The van der Waals surface area contributed by atoms with Crippen LogP contribution in [0.4, 0.5) is 5.69 Å². The van der Waals surface area contributed by atoms with Gasteiger partial charge < -0.3 is 4.74 Å². The first-order valence-corrected chi connectivity index (χ1v) is 10.4. The summed E-state index contributed by atoms with van der Waals surface area (Å²) in [6.45, 7) is 0.521. The summed E-state index contributed by atoms with van der Waals surface area (Å²) in [7, 11) is 0. The predicted octanol–water partition coefficient (Wildman–Crippen LogP) is 4.44. The molecule has 8 heteroatoms. The molecule has 0 saturated heterocycles. The number of hydrogen-bond acceptors (Lipinski definition) is 6. The number of ether oxygens (including phenoxy) is 1. The molecule has 7 nitrogen and oxygen atoms in total. The molecule has 0 spiro atoms. The number of nitriles is 1. The number of benzene rings is 3. The fourth-order valence-electron chi connectivity index (χ4n) is 2.97. The molecule has 0 aliphatic carbocycles. The van der Waals surface area contributed by atoms with Crippen LogP contribution in [0.2, 0.25) is 0 Å². The Kier molecular flexibility index (Phi) is 6.24. The Labute approximate surface area is 192 Å². The molecular weight excluding hydrogens is 505 g/mol. The van der Waals surface area contributed by atoms with Crippen molar-refractivity contribution >= 4 is 34.2 Å². The van der Waals surface area contributed by atoms with Gasteiger partial charge in [0.1, 0.15) is 18.4 Å². The largest absolute Gasteiger partial charge is 0.422 e. The van der Waals surface area contributed by atoms with Gasteiger partial charge in [0.05, 0.1) is 33.0 Å². The molecule has 0 fully saturated rings. The maximum absolute atomic E-state index is 12.3. The van der Waals surface area contributed by atoms with Crippen LogP contribution in [0.15, 0.2) is 85.5 Å². The van der Waals surface area contributed by atoms with E-state index in [0.717, 1.165) is 14.8 Å². The number of aromatic nitrogens is 3. The van der Waals surface area contributed by atoms with Crippen LogP contribution in [0.1, 0.15) is 21.5 Å². The van der Waals surface area contributed by atoms with Crippen LogP contribution in [-0.4, -0.2) is 20.8 Å². The first-order valence-electron chi connectivity index (χ1n) is 9.32. The summed E-state index contributed by atoms with van der Waals surface area (Å²) >= 11 is 2.16. The molecule has 0 unspecified atom stereocenters. The van der Waals surface area contributed by atoms with Crippen LogP contribution in [-0.2, 0) is 6.54 Å². The molecule has 1 heterocycles. The van der Waals surface area contributed by atoms with Crippen LogP contribution in [0, 0.1) is 14.9 Å².